The number of hydrogen-bond acceptors (Lipinski definition) is 3. The normalized spacial score (nSPS) is 11.5. The van der Waals surface area contributed by atoms with E-state index in [1.165, 1.54) is 24.3 Å². The lowest BCUT2D eigenvalue weighted by Gasteiger charge is -2.15. The Kier molecular flexibility index (Phi) is 3.40. The Morgan fingerprint density at radius 1 is 0.842 bits per heavy atom. The predicted octanol–water partition coefficient (Wildman–Crippen LogP) is 1.94. The number of aryl methyl sites for hydroxylation is 2. The number of benzene rings is 2. The Balaban J connectivity index is 2.61. The highest BCUT2D eigenvalue weighted by atomic mass is 31.2. The molecule has 0 atom stereocenters. The summed E-state index contributed by atoms with van der Waals surface area (Å²) >= 11 is 0. The van der Waals surface area contributed by atoms with Gasteiger partial charge in [0.1, 0.15) is 11.5 Å². The molecule has 0 saturated carbocycles. The third-order valence-corrected chi connectivity index (χ3v) is 4.98. The van der Waals surface area contributed by atoms with Gasteiger partial charge in [0.25, 0.3) is 7.37 Å². The van der Waals surface area contributed by atoms with Crippen molar-refractivity contribution in [2.45, 2.75) is 13.8 Å². The molecule has 3 N–H and O–H groups in total. The average molecular weight is 278 g/mol. The lowest BCUT2D eigenvalue weighted by molar-refractivity contribution is 0.466. The van der Waals surface area contributed by atoms with E-state index in [0.29, 0.717) is 0 Å². The fourth-order valence-corrected chi connectivity index (χ4v) is 3.47. The average Bonchev–Trinajstić information content (AvgIpc) is 2.27. The van der Waals surface area contributed by atoms with E-state index in [-0.39, 0.29) is 22.1 Å². The molecular formula is C14H15O4P. The molecule has 0 fully saturated rings. The standard InChI is InChI=1S/C14H15O4P/c1-9-3-5-13(11(15)7-9)19(17,18)14-6-4-10(2)8-12(14)16/h3-8,15-16H,1-2H3,(H,17,18). The summed E-state index contributed by atoms with van der Waals surface area (Å²) in [6, 6.07) is 8.94. The van der Waals surface area contributed by atoms with Crippen LogP contribution in [0.15, 0.2) is 36.4 Å². The van der Waals surface area contributed by atoms with Crippen molar-refractivity contribution in [1.29, 1.82) is 0 Å². The molecule has 0 aliphatic heterocycles. The molecule has 0 bridgehead atoms. The van der Waals surface area contributed by atoms with E-state index in [2.05, 4.69) is 0 Å². The lowest BCUT2D eigenvalue weighted by atomic mass is 10.2. The number of hydrogen-bond donors (Lipinski definition) is 3. The third kappa shape index (κ3) is 2.50. The van der Waals surface area contributed by atoms with Crippen molar-refractivity contribution in [1.82, 2.24) is 0 Å². The molecule has 0 unspecified atom stereocenters. The number of phenols is 2. The maximum absolute atomic E-state index is 12.5. The second kappa shape index (κ2) is 4.72. The van der Waals surface area contributed by atoms with E-state index in [9.17, 15) is 19.7 Å². The van der Waals surface area contributed by atoms with Crippen LogP contribution in [0.2, 0.25) is 0 Å². The van der Waals surface area contributed by atoms with Crippen LogP contribution in [0, 0.1) is 13.8 Å². The van der Waals surface area contributed by atoms with Crippen molar-refractivity contribution in [3.8, 4) is 11.5 Å². The van der Waals surface area contributed by atoms with Crippen LogP contribution < -0.4 is 10.6 Å². The fourth-order valence-electron chi connectivity index (χ4n) is 1.91. The SMILES string of the molecule is Cc1ccc(P(=O)(O)c2ccc(C)cc2O)c(O)c1. The van der Waals surface area contributed by atoms with Gasteiger partial charge in [-0.1, -0.05) is 12.1 Å². The summed E-state index contributed by atoms with van der Waals surface area (Å²) in [4.78, 5) is 10.2. The van der Waals surface area contributed by atoms with E-state index < -0.39 is 7.37 Å². The topological polar surface area (TPSA) is 77.8 Å². The molecule has 0 radical (unpaired) electrons. The molecule has 2 aromatic carbocycles. The molecule has 0 heterocycles. The zero-order chi connectivity index (χ0) is 14.2. The number of rotatable bonds is 2. The third-order valence-electron chi connectivity index (χ3n) is 2.91. The molecule has 0 amide bonds. The van der Waals surface area contributed by atoms with E-state index in [1.807, 2.05) is 0 Å². The Morgan fingerprint density at radius 2 is 1.21 bits per heavy atom. The van der Waals surface area contributed by atoms with Crippen molar-refractivity contribution >= 4 is 18.0 Å². The molecule has 5 heteroatoms. The van der Waals surface area contributed by atoms with Gasteiger partial charge in [-0.05, 0) is 49.2 Å². The van der Waals surface area contributed by atoms with Crippen LogP contribution in [0.25, 0.3) is 0 Å². The Bertz CT molecular complexity index is 624. The van der Waals surface area contributed by atoms with Gasteiger partial charge in [-0.15, -0.1) is 0 Å². The van der Waals surface area contributed by atoms with Gasteiger partial charge < -0.3 is 15.1 Å². The lowest BCUT2D eigenvalue weighted by Crippen LogP contribution is -2.16. The van der Waals surface area contributed by atoms with Gasteiger partial charge in [-0.2, -0.15) is 0 Å². The Hall–Kier alpha value is -1.77. The largest absolute Gasteiger partial charge is 0.507 e. The number of aromatic hydroxyl groups is 2. The summed E-state index contributed by atoms with van der Waals surface area (Å²) < 4.78 is 12.5. The van der Waals surface area contributed by atoms with Crippen LogP contribution in [-0.4, -0.2) is 15.1 Å². The van der Waals surface area contributed by atoms with Crippen LogP contribution >= 0.6 is 7.37 Å². The van der Waals surface area contributed by atoms with Crippen LogP contribution in [0.4, 0.5) is 0 Å². The van der Waals surface area contributed by atoms with Gasteiger partial charge in [0.15, 0.2) is 0 Å². The van der Waals surface area contributed by atoms with Crippen molar-refractivity contribution in [2.75, 3.05) is 0 Å². The molecular weight excluding hydrogens is 263 g/mol. The summed E-state index contributed by atoms with van der Waals surface area (Å²) in [5.74, 6) is -0.489. The molecule has 4 nitrogen and oxygen atoms in total. The highest BCUT2D eigenvalue weighted by molar-refractivity contribution is 7.73. The summed E-state index contributed by atoms with van der Waals surface area (Å²) in [5.41, 5.74) is 1.57. The van der Waals surface area contributed by atoms with Crippen LogP contribution in [0.5, 0.6) is 11.5 Å². The summed E-state index contributed by atoms with van der Waals surface area (Å²) in [6.45, 7) is 3.55. The van der Waals surface area contributed by atoms with E-state index >= 15 is 0 Å². The summed E-state index contributed by atoms with van der Waals surface area (Å²) in [7, 11) is -4.01. The maximum Gasteiger partial charge on any atom is 0.266 e. The predicted molar refractivity (Wildman–Crippen MR) is 74.8 cm³/mol. The molecule has 0 aliphatic carbocycles. The van der Waals surface area contributed by atoms with Gasteiger partial charge in [0, 0.05) is 0 Å². The smallest absolute Gasteiger partial charge is 0.266 e. The van der Waals surface area contributed by atoms with Crippen molar-refractivity contribution in [3.05, 3.63) is 47.5 Å². The van der Waals surface area contributed by atoms with Gasteiger partial charge in [0.05, 0.1) is 10.6 Å². The second-order valence-corrected chi connectivity index (χ2v) is 6.68. The summed E-state index contributed by atoms with van der Waals surface area (Å²) in [5, 5.41) is 19.5. The van der Waals surface area contributed by atoms with Gasteiger partial charge in [0.2, 0.25) is 0 Å². The molecule has 100 valence electrons. The second-order valence-electron chi connectivity index (χ2n) is 4.56. The molecule has 2 aromatic rings. The van der Waals surface area contributed by atoms with Gasteiger partial charge in [-0.3, -0.25) is 4.57 Å². The quantitative estimate of drug-likeness (QED) is 0.734. The van der Waals surface area contributed by atoms with E-state index in [4.69, 9.17) is 0 Å². The Morgan fingerprint density at radius 3 is 1.53 bits per heavy atom. The first-order chi connectivity index (χ1) is 8.82. The highest BCUT2D eigenvalue weighted by Crippen LogP contribution is 2.43. The van der Waals surface area contributed by atoms with Crippen LogP contribution in [0.3, 0.4) is 0 Å². The van der Waals surface area contributed by atoms with Gasteiger partial charge in [-0.25, -0.2) is 0 Å². The van der Waals surface area contributed by atoms with Crippen LogP contribution in [0.1, 0.15) is 11.1 Å². The molecule has 0 aromatic heterocycles. The summed E-state index contributed by atoms with van der Waals surface area (Å²) in [6.07, 6.45) is 0. The molecule has 2 rings (SSSR count). The molecule has 0 saturated heterocycles. The fraction of sp³-hybridized carbons (Fsp3) is 0.143. The first-order valence-electron chi connectivity index (χ1n) is 5.75. The molecule has 19 heavy (non-hydrogen) atoms. The first-order valence-corrected chi connectivity index (χ1v) is 7.41. The minimum Gasteiger partial charge on any atom is -0.507 e. The van der Waals surface area contributed by atoms with Crippen LogP contribution in [-0.2, 0) is 4.57 Å². The highest BCUT2D eigenvalue weighted by Gasteiger charge is 2.30. The molecule has 0 aliphatic rings. The minimum atomic E-state index is -4.01. The zero-order valence-corrected chi connectivity index (χ0v) is 11.6. The maximum atomic E-state index is 12.5. The zero-order valence-electron chi connectivity index (χ0n) is 10.7. The van der Waals surface area contributed by atoms with Crippen molar-refractivity contribution in [3.63, 3.8) is 0 Å². The Labute approximate surface area is 111 Å². The van der Waals surface area contributed by atoms with Crippen molar-refractivity contribution in [2.24, 2.45) is 0 Å². The minimum absolute atomic E-state index is 0.0720. The van der Waals surface area contributed by atoms with E-state index in [0.717, 1.165) is 11.1 Å². The number of phenolic OH excluding ortho intramolecular Hbond substituents is 2. The molecule has 0 spiro atoms. The first kappa shape index (κ1) is 13.7. The van der Waals surface area contributed by atoms with E-state index in [1.54, 1.807) is 26.0 Å². The monoisotopic (exact) mass is 278 g/mol. The van der Waals surface area contributed by atoms with Crippen molar-refractivity contribution < 1.29 is 19.7 Å². The van der Waals surface area contributed by atoms with Gasteiger partial charge >= 0.3 is 0 Å².